The Labute approximate surface area is 218 Å². The molecule has 2 fully saturated rings. The molecule has 0 amide bonds. The minimum atomic E-state index is -1.82. The monoisotopic (exact) mass is 552 g/mol. The molecule has 3 heterocycles. The summed E-state index contributed by atoms with van der Waals surface area (Å²) in [5, 5.41) is 25.8. The predicted molar refractivity (Wildman–Crippen MR) is 137 cm³/mol. The number of ether oxygens (including phenoxy) is 3. The van der Waals surface area contributed by atoms with Crippen molar-refractivity contribution < 1.29 is 24.4 Å². The Balaban J connectivity index is 1.63. The van der Waals surface area contributed by atoms with Crippen molar-refractivity contribution >= 4 is 15.9 Å². The molecule has 1 aliphatic carbocycles. The highest BCUT2D eigenvalue weighted by atomic mass is 79.9. The molecule has 0 unspecified atom stereocenters. The van der Waals surface area contributed by atoms with Crippen LogP contribution in [0.15, 0.2) is 71.5 Å². The van der Waals surface area contributed by atoms with Gasteiger partial charge in [-0.2, -0.15) is 0 Å². The minimum Gasteiger partial charge on any atom is -0.495 e. The number of nitrogens with zero attached hydrogens (tertiary/aromatic N) is 2. The Morgan fingerprint density at radius 3 is 2.47 bits per heavy atom. The van der Waals surface area contributed by atoms with Gasteiger partial charge in [-0.05, 0) is 29.7 Å². The first-order valence-corrected chi connectivity index (χ1v) is 13.0. The van der Waals surface area contributed by atoms with Crippen molar-refractivity contribution in [2.45, 2.75) is 29.1 Å². The van der Waals surface area contributed by atoms with Gasteiger partial charge < -0.3 is 24.4 Å². The average Bonchev–Trinajstić information content (AvgIpc) is 3.29. The van der Waals surface area contributed by atoms with Crippen molar-refractivity contribution in [2.24, 2.45) is 0 Å². The van der Waals surface area contributed by atoms with Gasteiger partial charge in [0.2, 0.25) is 0 Å². The lowest BCUT2D eigenvalue weighted by molar-refractivity contribution is -0.205. The molecule has 2 aliphatic heterocycles. The number of morpholine rings is 1. The average molecular weight is 553 g/mol. The van der Waals surface area contributed by atoms with E-state index >= 15 is 0 Å². The van der Waals surface area contributed by atoms with Crippen LogP contribution in [0.25, 0.3) is 0 Å². The SMILES string of the molecule is COc1cncc2c1[C@]1(O)[C@](O)(CN3CCOCC3)C[C@@H](c3ccccc3)[C@]1(c1ccc(Br)cc1)O2. The van der Waals surface area contributed by atoms with E-state index in [0.717, 1.165) is 15.6 Å². The van der Waals surface area contributed by atoms with E-state index in [1.54, 1.807) is 19.5 Å². The fourth-order valence-corrected chi connectivity index (χ4v) is 6.75. The molecular weight excluding hydrogens is 524 g/mol. The highest BCUT2D eigenvalue weighted by Gasteiger charge is 2.79. The topological polar surface area (TPSA) is 84.3 Å². The molecule has 36 heavy (non-hydrogen) atoms. The lowest BCUT2D eigenvalue weighted by Gasteiger charge is -2.46. The summed E-state index contributed by atoms with van der Waals surface area (Å²) in [7, 11) is 1.55. The first-order chi connectivity index (χ1) is 17.4. The summed E-state index contributed by atoms with van der Waals surface area (Å²) < 4.78 is 19.0. The second-order valence-corrected chi connectivity index (χ2v) is 10.8. The molecule has 188 valence electrons. The predicted octanol–water partition coefficient (Wildman–Crippen LogP) is 3.58. The van der Waals surface area contributed by atoms with Crippen molar-refractivity contribution in [3.63, 3.8) is 0 Å². The first kappa shape index (κ1) is 23.9. The molecule has 1 saturated carbocycles. The molecule has 0 bridgehead atoms. The second kappa shape index (κ2) is 8.82. The van der Waals surface area contributed by atoms with E-state index in [2.05, 4.69) is 25.8 Å². The first-order valence-electron chi connectivity index (χ1n) is 12.2. The number of pyridine rings is 1. The van der Waals surface area contributed by atoms with Gasteiger partial charge in [-0.15, -0.1) is 0 Å². The third-order valence-corrected chi connectivity index (χ3v) is 8.57. The van der Waals surface area contributed by atoms with Crippen molar-refractivity contribution in [3.8, 4) is 11.5 Å². The van der Waals surface area contributed by atoms with Gasteiger partial charge in [-0.1, -0.05) is 58.4 Å². The molecule has 6 rings (SSSR count). The van der Waals surface area contributed by atoms with Crippen molar-refractivity contribution in [3.05, 3.63) is 88.2 Å². The molecule has 0 spiro atoms. The van der Waals surface area contributed by atoms with Crippen LogP contribution in [0.5, 0.6) is 11.5 Å². The van der Waals surface area contributed by atoms with Crippen LogP contribution in [0.2, 0.25) is 0 Å². The number of methoxy groups -OCH3 is 1. The summed E-state index contributed by atoms with van der Waals surface area (Å²) >= 11 is 3.54. The van der Waals surface area contributed by atoms with Crippen molar-refractivity contribution in [2.75, 3.05) is 40.0 Å². The largest absolute Gasteiger partial charge is 0.495 e. The molecular formula is C28H29BrN2O5. The van der Waals surface area contributed by atoms with Crippen molar-refractivity contribution in [1.29, 1.82) is 0 Å². The van der Waals surface area contributed by atoms with Crippen molar-refractivity contribution in [1.82, 2.24) is 9.88 Å². The molecule has 7 nitrogen and oxygen atoms in total. The van der Waals surface area contributed by atoms with Crippen LogP contribution in [0.1, 0.15) is 29.0 Å². The van der Waals surface area contributed by atoms with Gasteiger partial charge in [0.1, 0.15) is 17.1 Å². The fraction of sp³-hybridized carbons (Fsp3) is 0.393. The molecule has 3 aliphatic rings. The van der Waals surface area contributed by atoms with Crippen LogP contribution >= 0.6 is 15.9 Å². The quantitative estimate of drug-likeness (QED) is 0.500. The van der Waals surface area contributed by atoms with E-state index in [1.807, 2.05) is 54.6 Å². The van der Waals surface area contributed by atoms with E-state index in [1.165, 1.54) is 0 Å². The number of halogens is 1. The highest BCUT2D eigenvalue weighted by molar-refractivity contribution is 9.10. The molecule has 3 aromatic rings. The maximum Gasteiger partial charge on any atom is 0.177 e. The second-order valence-electron chi connectivity index (χ2n) is 9.86. The summed E-state index contributed by atoms with van der Waals surface area (Å²) in [5.74, 6) is 0.455. The maximum absolute atomic E-state index is 13.1. The minimum absolute atomic E-state index is 0.267. The summed E-state index contributed by atoms with van der Waals surface area (Å²) in [6, 6.07) is 17.8. The maximum atomic E-state index is 13.1. The third kappa shape index (κ3) is 3.28. The molecule has 2 N–H and O–H groups in total. The lowest BCUT2D eigenvalue weighted by Crippen LogP contribution is -2.62. The number of benzene rings is 2. The normalized spacial score (nSPS) is 31.5. The molecule has 2 aromatic carbocycles. The van der Waals surface area contributed by atoms with Gasteiger partial charge in [-0.25, -0.2) is 0 Å². The molecule has 8 heteroatoms. The van der Waals surface area contributed by atoms with Crippen LogP contribution in [0, 0.1) is 0 Å². The van der Waals surface area contributed by atoms with Crippen LogP contribution in [0.3, 0.4) is 0 Å². The summed E-state index contributed by atoms with van der Waals surface area (Å²) in [6.07, 6.45) is 3.47. The number of aromatic nitrogens is 1. The van der Waals surface area contributed by atoms with Gasteiger partial charge in [-0.3, -0.25) is 9.88 Å². The van der Waals surface area contributed by atoms with Crippen LogP contribution in [-0.4, -0.2) is 65.7 Å². The van der Waals surface area contributed by atoms with E-state index in [0.29, 0.717) is 49.8 Å². The van der Waals surface area contributed by atoms with Gasteiger partial charge in [0.05, 0.1) is 38.3 Å². The Hall–Kier alpha value is -2.49. The van der Waals surface area contributed by atoms with Gasteiger partial charge >= 0.3 is 0 Å². The Bertz CT molecular complexity index is 1250. The number of rotatable bonds is 5. The molecule has 1 saturated heterocycles. The molecule has 4 atom stereocenters. The van der Waals surface area contributed by atoms with Gasteiger partial charge in [0.15, 0.2) is 11.2 Å². The zero-order chi connectivity index (χ0) is 25.0. The number of hydrogen-bond acceptors (Lipinski definition) is 7. The molecule has 0 radical (unpaired) electrons. The van der Waals surface area contributed by atoms with Crippen LogP contribution in [0.4, 0.5) is 0 Å². The Morgan fingerprint density at radius 1 is 1.06 bits per heavy atom. The van der Waals surface area contributed by atoms with E-state index in [9.17, 15) is 10.2 Å². The summed E-state index contributed by atoms with van der Waals surface area (Å²) in [5.41, 5.74) is -2.49. The van der Waals surface area contributed by atoms with E-state index in [-0.39, 0.29) is 12.5 Å². The zero-order valence-electron chi connectivity index (χ0n) is 20.1. The fourth-order valence-electron chi connectivity index (χ4n) is 6.49. The summed E-state index contributed by atoms with van der Waals surface area (Å²) in [6.45, 7) is 2.81. The van der Waals surface area contributed by atoms with E-state index < -0.39 is 16.8 Å². The standard InChI is InChI=1S/C28H29BrN2O5/c1-34-23-16-30-17-24-25(23)28(33)26(32,18-31-11-13-35-14-12-31)15-22(19-5-3-2-4-6-19)27(28,36-24)20-7-9-21(29)10-8-20/h2-10,16-17,22,32-33H,11-15,18H2,1H3/t22-,26+,27-,28-/m0/s1. The Morgan fingerprint density at radius 2 is 1.78 bits per heavy atom. The number of fused-ring (bicyclic) bond motifs is 3. The summed E-state index contributed by atoms with van der Waals surface area (Å²) in [4.78, 5) is 6.47. The number of hydrogen-bond donors (Lipinski definition) is 2. The highest BCUT2D eigenvalue weighted by Crippen LogP contribution is 2.71. The molecule has 1 aromatic heterocycles. The Kier molecular flexibility index (Phi) is 5.85. The van der Waals surface area contributed by atoms with Gasteiger partial charge in [0.25, 0.3) is 0 Å². The van der Waals surface area contributed by atoms with E-state index in [4.69, 9.17) is 14.2 Å². The van der Waals surface area contributed by atoms with Crippen LogP contribution in [-0.2, 0) is 15.9 Å². The van der Waals surface area contributed by atoms with Crippen LogP contribution < -0.4 is 9.47 Å². The number of aliphatic hydroxyl groups is 2. The lowest BCUT2D eigenvalue weighted by atomic mass is 9.68. The third-order valence-electron chi connectivity index (χ3n) is 8.04. The zero-order valence-corrected chi connectivity index (χ0v) is 21.6. The van der Waals surface area contributed by atoms with Gasteiger partial charge in [0, 0.05) is 30.0 Å². The smallest absolute Gasteiger partial charge is 0.177 e. The number of β-amino-alcohol motifs (C(OH)–C–C–N with tert-alkyl or cyclic N) is 1.